The number of carboxylic acids is 1. The predicted octanol–water partition coefficient (Wildman–Crippen LogP) is -1.85. The van der Waals surface area contributed by atoms with Gasteiger partial charge < -0.3 is 14.9 Å². The van der Waals surface area contributed by atoms with Crippen molar-refractivity contribution in [3.63, 3.8) is 0 Å². The van der Waals surface area contributed by atoms with Crippen molar-refractivity contribution >= 4 is 11.9 Å². The molecule has 6 nitrogen and oxygen atoms in total. The van der Waals surface area contributed by atoms with Crippen LogP contribution in [-0.4, -0.2) is 42.0 Å². The van der Waals surface area contributed by atoms with Crippen molar-refractivity contribution in [3.8, 4) is 0 Å². The molecule has 0 fully saturated rings. The van der Waals surface area contributed by atoms with Gasteiger partial charge in [-0.2, -0.15) is 0 Å². The number of aliphatic hydroxyl groups excluding tert-OH is 1. The van der Waals surface area contributed by atoms with Crippen molar-refractivity contribution in [1.82, 2.24) is 5.32 Å². The van der Waals surface area contributed by atoms with Crippen molar-refractivity contribution in [2.75, 3.05) is 19.9 Å². The third-order valence-corrected chi connectivity index (χ3v) is 0.771. The van der Waals surface area contributed by atoms with Crippen LogP contribution in [0.3, 0.4) is 0 Å². The molecule has 64 valence electrons. The third kappa shape index (κ3) is 6.75. The van der Waals surface area contributed by atoms with Gasteiger partial charge in [0.15, 0.2) is 6.79 Å². The lowest BCUT2D eigenvalue weighted by atomic mass is 10.6. The SMILES string of the molecule is O=C(O)CNCC(=O)OCO. The van der Waals surface area contributed by atoms with E-state index in [1.54, 1.807) is 0 Å². The minimum atomic E-state index is -1.05. The molecule has 0 aromatic carbocycles. The zero-order chi connectivity index (χ0) is 8.69. The van der Waals surface area contributed by atoms with Crippen LogP contribution in [0, 0.1) is 0 Å². The fraction of sp³-hybridized carbons (Fsp3) is 0.600. The van der Waals surface area contributed by atoms with Gasteiger partial charge in [-0.3, -0.25) is 14.9 Å². The Morgan fingerprint density at radius 2 is 2.00 bits per heavy atom. The Bertz CT molecular complexity index is 146. The number of aliphatic carboxylic acids is 1. The Labute approximate surface area is 62.8 Å². The lowest BCUT2D eigenvalue weighted by Gasteiger charge is -2.00. The van der Waals surface area contributed by atoms with Crippen LogP contribution < -0.4 is 5.32 Å². The zero-order valence-corrected chi connectivity index (χ0v) is 5.74. The summed E-state index contributed by atoms with van der Waals surface area (Å²) in [5.74, 6) is -1.74. The van der Waals surface area contributed by atoms with E-state index in [2.05, 4.69) is 10.1 Å². The summed E-state index contributed by atoms with van der Waals surface area (Å²) in [5.41, 5.74) is 0. The summed E-state index contributed by atoms with van der Waals surface area (Å²) < 4.78 is 4.08. The van der Waals surface area contributed by atoms with Crippen LogP contribution >= 0.6 is 0 Å². The van der Waals surface area contributed by atoms with Crippen LogP contribution in [0.25, 0.3) is 0 Å². The van der Waals surface area contributed by atoms with Gasteiger partial charge in [0.25, 0.3) is 0 Å². The highest BCUT2D eigenvalue weighted by Gasteiger charge is 2.01. The van der Waals surface area contributed by atoms with Crippen molar-refractivity contribution < 1.29 is 24.5 Å². The number of aliphatic hydroxyl groups is 1. The summed E-state index contributed by atoms with van der Waals surface area (Å²) in [6.45, 7) is -1.21. The van der Waals surface area contributed by atoms with Gasteiger partial charge in [-0.05, 0) is 0 Å². The van der Waals surface area contributed by atoms with Crippen molar-refractivity contribution in [3.05, 3.63) is 0 Å². The van der Waals surface area contributed by atoms with Crippen molar-refractivity contribution in [2.45, 2.75) is 0 Å². The Morgan fingerprint density at radius 1 is 1.36 bits per heavy atom. The average molecular weight is 163 g/mol. The number of carboxylic acid groups (broad SMARTS) is 1. The largest absolute Gasteiger partial charge is 0.480 e. The molecular formula is C5H9NO5. The number of hydrogen-bond donors (Lipinski definition) is 3. The van der Waals surface area contributed by atoms with Crippen molar-refractivity contribution in [1.29, 1.82) is 0 Å². The molecule has 0 bridgehead atoms. The van der Waals surface area contributed by atoms with Crippen LogP contribution in [-0.2, 0) is 14.3 Å². The number of nitrogens with one attached hydrogen (secondary N) is 1. The average Bonchev–Trinajstić information content (AvgIpc) is 1.87. The Balaban J connectivity index is 3.24. The molecule has 0 aromatic rings. The second-order valence-electron chi connectivity index (χ2n) is 1.64. The highest BCUT2D eigenvalue weighted by atomic mass is 16.6. The smallest absolute Gasteiger partial charge is 0.322 e. The zero-order valence-electron chi connectivity index (χ0n) is 5.74. The predicted molar refractivity (Wildman–Crippen MR) is 33.7 cm³/mol. The lowest BCUT2D eigenvalue weighted by molar-refractivity contribution is -0.150. The van der Waals surface area contributed by atoms with Gasteiger partial charge in [0.1, 0.15) is 0 Å². The first kappa shape index (κ1) is 9.86. The first-order valence-corrected chi connectivity index (χ1v) is 2.86. The van der Waals surface area contributed by atoms with E-state index in [4.69, 9.17) is 10.2 Å². The Morgan fingerprint density at radius 3 is 2.45 bits per heavy atom. The number of ether oxygens (including phenoxy) is 1. The van der Waals surface area contributed by atoms with E-state index in [1.165, 1.54) is 0 Å². The number of rotatable bonds is 5. The summed E-state index contributed by atoms with van der Waals surface area (Å²) in [6.07, 6.45) is 0. The summed E-state index contributed by atoms with van der Waals surface area (Å²) in [5, 5.41) is 18.4. The topological polar surface area (TPSA) is 95.9 Å². The fourth-order valence-electron chi connectivity index (χ4n) is 0.395. The molecule has 3 N–H and O–H groups in total. The van der Waals surface area contributed by atoms with E-state index >= 15 is 0 Å². The molecule has 0 saturated heterocycles. The van der Waals surface area contributed by atoms with Gasteiger partial charge >= 0.3 is 11.9 Å². The van der Waals surface area contributed by atoms with E-state index in [9.17, 15) is 9.59 Å². The maximum atomic E-state index is 10.4. The first-order valence-electron chi connectivity index (χ1n) is 2.86. The quantitative estimate of drug-likeness (QED) is 0.325. The molecule has 0 aliphatic rings. The van der Waals surface area contributed by atoms with Crippen molar-refractivity contribution in [2.24, 2.45) is 0 Å². The molecule has 0 aliphatic carbocycles. The van der Waals surface area contributed by atoms with E-state index in [-0.39, 0.29) is 13.1 Å². The van der Waals surface area contributed by atoms with E-state index in [0.29, 0.717) is 0 Å². The van der Waals surface area contributed by atoms with E-state index in [1.807, 2.05) is 0 Å². The molecule has 0 spiro atoms. The van der Waals surface area contributed by atoms with Gasteiger partial charge in [0.05, 0.1) is 13.1 Å². The Kier molecular flexibility index (Phi) is 5.05. The molecule has 0 atom stereocenters. The van der Waals surface area contributed by atoms with Gasteiger partial charge in [-0.1, -0.05) is 0 Å². The number of carbonyl (C=O) groups excluding carboxylic acids is 1. The highest BCUT2D eigenvalue weighted by Crippen LogP contribution is 1.72. The third-order valence-electron chi connectivity index (χ3n) is 0.771. The number of carbonyl (C=O) groups is 2. The molecule has 0 amide bonds. The normalized spacial score (nSPS) is 9.18. The molecule has 0 heterocycles. The molecule has 0 aromatic heterocycles. The standard InChI is InChI=1S/C5H9NO5/c7-3-11-5(10)2-6-1-4(8)9/h6-7H,1-3H2,(H,8,9). The summed E-state index contributed by atoms with van der Waals surface area (Å²) in [7, 11) is 0. The highest BCUT2D eigenvalue weighted by molar-refractivity contribution is 5.73. The minimum absolute atomic E-state index is 0.215. The fourth-order valence-corrected chi connectivity index (χ4v) is 0.395. The molecular weight excluding hydrogens is 154 g/mol. The molecule has 0 saturated carbocycles. The summed E-state index contributed by atoms with van der Waals surface area (Å²) >= 11 is 0. The van der Waals surface area contributed by atoms with Crippen LogP contribution in [0.4, 0.5) is 0 Å². The molecule has 0 rings (SSSR count). The van der Waals surface area contributed by atoms with Gasteiger partial charge in [0, 0.05) is 0 Å². The maximum absolute atomic E-state index is 10.4. The second-order valence-corrected chi connectivity index (χ2v) is 1.64. The van der Waals surface area contributed by atoms with Gasteiger partial charge in [0.2, 0.25) is 0 Å². The monoisotopic (exact) mass is 163 g/mol. The number of hydrogen-bond acceptors (Lipinski definition) is 5. The van der Waals surface area contributed by atoms with E-state index < -0.39 is 18.7 Å². The molecule has 0 unspecified atom stereocenters. The van der Waals surface area contributed by atoms with Gasteiger partial charge in [-0.15, -0.1) is 0 Å². The van der Waals surface area contributed by atoms with Crippen LogP contribution in [0.5, 0.6) is 0 Å². The molecule has 0 aliphatic heterocycles. The molecule has 11 heavy (non-hydrogen) atoms. The second kappa shape index (κ2) is 5.63. The van der Waals surface area contributed by atoms with Crippen LogP contribution in [0.1, 0.15) is 0 Å². The first-order chi connectivity index (χ1) is 5.16. The van der Waals surface area contributed by atoms with Gasteiger partial charge in [-0.25, -0.2) is 0 Å². The maximum Gasteiger partial charge on any atom is 0.322 e. The van der Waals surface area contributed by atoms with Crippen LogP contribution in [0.15, 0.2) is 0 Å². The lowest BCUT2D eigenvalue weighted by Crippen LogP contribution is -2.29. The van der Waals surface area contributed by atoms with E-state index in [0.717, 1.165) is 0 Å². The van der Waals surface area contributed by atoms with Crippen LogP contribution in [0.2, 0.25) is 0 Å². The minimum Gasteiger partial charge on any atom is -0.480 e. The number of esters is 1. The molecule has 0 radical (unpaired) electrons. The Hall–Kier alpha value is -1.14. The molecule has 6 heteroatoms. The summed E-state index contributed by atoms with van der Waals surface area (Å²) in [6, 6.07) is 0. The summed E-state index contributed by atoms with van der Waals surface area (Å²) in [4.78, 5) is 20.3.